The third-order valence-corrected chi connectivity index (χ3v) is 4.64. The average molecular weight is 410 g/mol. The van der Waals surface area contributed by atoms with Crippen LogP contribution in [0.1, 0.15) is 25.0 Å². The zero-order valence-electron chi connectivity index (χ0n) is 16.5. The molecule has 0 spiro atoms. The van der Waals surface area contributed by atoms with Gasteiger partial charge in [0.1, 0.15) is 17.1 Å². The largest absolute Gasteiger partial charge is 0.494 e. The Morgan fingerprint density at radius 2 is 1.79 bits per heavy atom. The molecule has 0 aliphatic carbocycles. The number of benzene rings is 2. The Bertz CT molecular complexity index is 1000. The maximum Gasteiger partial charge on any atom is 0.270 e. The van der Waals surface area contributed by atoms with E-state index in [0.29, 0.717) is 36.0 Å². The first-order valence-electron chi connectivity index (χ1n) is 9.33. The molecule has 6 nitrogen and oxygen atoms in total. The molecule has 1 heterocycles. The van der Waals surface area contributed by atoms with Crippen LogP contribution in [0.3, 0.4) is 0 Å². The van der Waals surface area contributed by atoms with Gasteiger partial charge in [0, 0.05) is 11.6 Å². The standard InChI is InChI=1S/C22H22N2O4S/c1-4-27-16-11-10-15(19(13-16)28-5-2)12-17-20(25)23-22(29)24(21(17)26)18-9-7-6-8-14(18)3/h6-13H,4-5H2,1-3H3,(H,23,25,29)/b17-12+. The number of nitrogens with zero attached hydrogens (tertiary/aromatic N) is 1. The number of para-hydroxylation sites is 1. The average Bonchev–Trinajstić information content (AvgIpc) is 2.68. The molecule has 1 aliphatic heterocycles. The Balaban J connectivity index is 2.04. The van der Waals surface area contributed by atoms with Gasteiger partial charge in [-0.2, -0.15) is 0 Å². The van der Waals surface area contributed by atoms with Gasteiger partial charge in [-0.15, -0.1) is 0 Å². The van der Waals surface area contributed by atoms with Crippen molar-refractivity contribution in [2.24, 2.45) is 0 Å². The molecule has 1 saturated heterocycles. The summed E-state index contributed by atoms with van der Waals surface area (Å²) in [7, 11) is 0. The van der Waals surface area contributed by atoms with Crippen LogP contribution < -0.4 is 19.7 Å². The van der Waals surface area contributed by atoms with Gasteiger partial charge in [-0.05, 0) is 62.8 Å². The van der Waals surface area contributed by atoms with Crippen molar-refractivity contribution in [3.05, 3.63) is 59.2 Å². The van der Waals surface area contributed by atoms with E-state index in [1.165, 1.54) is 11.0 Å². The topological polar surface area (TPSA) is 67.9 Å². The number of hydrogen-bond donors (Lipinski definition) is 1. The van der Waals surface area contributed by atoms with Crippen LogP contribution in [0.25, 0.3) is 6.08 Å². The zero-order valence-corrected chi connectivity index (χ0v) is 17.3. The van der Waals surface area contributed by atoms with E-state index < -0.39 is 11.8 Å². The van der Waals surface area contributed by atoms with E-state index in [-0.39, 0.29) is 10.7 Å². The zero-order chi connectivity index (χ0) is 21.0. The first kappa shape index (κ1) is 20.5. The van der Waals surface area contributed by atoms with Crippen molar-refractivity contribution in [3.8, 4) is 11.5 Å². The monoisotopic (exact) mass is 410 g/mol. The van der Waals surface area contributed by atoms with Gasteiger partial charge in [0.05, 0.1) is 18.9 Å². The number of hydrogen-bond acceptors (Lipinski definition) is 5. The fourth-order valence-corrected chi connectivity index (χ4v) is 3.29. The van der Waals surface area contributed by atoms with Gasteiger partial charge in [0.2, 0.25) is 0 Å². The van der Waals surface area contributed by atoms with Crippen LogP contribution in [0, 0.1) is 6.92 Å². The lowest BCUT2D eigenvalue weighted by atomic mass is 10.0. The summed E-state index contributed by atoms with van der Waals surface area (Å²) in [6, 6.07) is 12.6. The van der Waals surface area contributed by atoms with Crippen molar-refractivity contribution in [3.63, 3.8) is 0 Å². The van der Waals surface area contributed by atoms with Gasteiger partial charge in [0.25, 0.3) is 11.8 Å². The van der Waals surface area contributed by atoms with Crippen molar-refractivity contribution in [2.75, 3.05) is 18.1 Å². The highest BCUT2D eigenvalue weighted by Crippen LogP contribution is 2.29. The Kier molecular flexibility index (Phi) is 6.29. The molecule has 150 valence electrons. The van der Waals surface area contributed by atoms with E-state index in [1.54, 1.807) is 24.3 Å². The SMILES string of the molecule is CCOc1ccc(/C=C2\C(=O)NC(=S)N(c3ccccc3C)C2=O)c(OCC)c1. The fourth-order valence-electron chi connectivity index (χ4n) is 3.02. The van der Waals surface area contributed by atoms with E-state index >= 15 is 0 Å². The van der Waals surface area contributed by atoms with Crippen LogP contribution in [-0.2, 0) is 9.59 Å². The van der Waals surface area contributed by atoms with Gasteiger partial charge < -0.3 is 9.47 Å². The summed E-state index contributed by atoms with van der Waals surface area (Å²) < 4.78 is 11.2. The summed E-state index contributed by atoms with van der Waals surface area (Å²) in [4.78, 5) is 27.1. The predicted octanol–water partition coefficient (Wildman–Crippen LogP) is 3.62. The van der Waals surface area contributed by atoms with E-state index in [2.05, 4.69) is 5.32 Å². The van der Waals surface area contributed by atoms with Crippen LogP contribution in [0.2, 0.25) is 0 Å². The van der Waals surface area contributed by atoms with E-state index in [0.717, 1.165) is 5.56 Å². The van der Waals surface area contributed by atoms with Crippen LogP contribution in [0.4, 0.5) is 5.69 Å². The second kappa shape index (κ2) is 8.87. The van der Waals surface area contributed by atoms with Crippen LogP contribution in [0.5, 0.6) is 11.5 Å². The third-order valence-electron chi connectivity index (χ3n) is 4.35. The fraction of sp³-hybridized carbons (Fsp3) is 0.227. The number of thiocarbonyl (C=S) groups is 1. The number of anilines is 1. The molecular formula is C22H22N2O4S. The maximum atomic E-state index is 13.2. The summed E-state index contributed by atoms with van der Waals surface area (Å²) in [6.07, 6.45) is 1.52. The van der Waals surface area contributed by atoms with Crippen molar-refractivity contribution in [1.82, 2.24) is 5.32 Å². The molecule has 0 radical (unpaired) electrons. The Labute approximate surface area is 175 Å². The summed E-state index contributed by atoms with van der Waals surface area (Å²) in [5.41, 5.74) is 2.08. The minimum Gasteiger partial charge on any atom is -0.494 e. The van der Waals surface area contributed by atoms with Gasteiger partial charge in [0.15, 0.2) is 5.11 Å². The predicted molar refractivity (Wildman–Crippen MR) is 116 cm³/mol. The first-order valence-corrected chi connectivity index (χ1v) is 9.73. The van der Waals surface area contributed by atoms with Gasteiger partial charge >= 0.3 is 0 Å². The number of nitrogens with one attached hydrogen (secondary N) is 1. The van der Waals surface area contributed by atoms with E-state index in [4.69, 9.17) is 21.7 Å². The number of ether oxygens (including phenoxy) is 2. The first-order chi connectivity index (χ1) is 14.0. The number of rotatable bonds is 6. The summed E-state index contributed by atoms with van der Waals surface area (Å²) >= 11 is 5.26. The second-order valence-corrected chi connectivity index (χ2v) is 6.70. The van der Waals surface area contributed by atoms with Crippen LogP contribution in [-0.4, -0.2) is 30.1 Å². The number of carbonyl (C=O) groups is 2. The van der Waals surface area contributed by atoms with Crippen molar-refractivity contribution >= 4 is 40.9 Å². The summed E-state index contributed by atoms with van der Waals surface area (Å²) in [5, 5.41) is 2.66. The van der Waals surface area contributed by atoms with Crippen LogP contribution in [0.15, 0.2) is 48.0 Å². The molecule has 2 aromatic rings. The van der Waals surface area contributed by atoms with Gasteiger partial charge in [-0.3, -0.25) is 19.8 Å². The molecule has 3 rings (SSSR count). The smallest absolute Gasteiger partial charge is 0.270 e. The molecule has 0 aromatic heterocycles. The molecular weight excluding hydrogens is 388 g/mol. The van der Waals surface area contributed by atoms with Crippen molar-refractivity contribution in [2.45, 2.75) is 20.8 Å². The lowest BCUT2D eigenvalue weighted by Gasteiger charge is -2.30. The lowest BCUT2D eigenvalue weighted by Crippen LogP contribution is -2.54. The second-order valence-electron chi connectivity index (χ2n) is 6.31. The maximum absolute atomic E-state index is 13.2. The molecule has 1 aliphatic rings. The molecule has 7 heteroatoms. The molecule has 2 aromatic carbocycles. The Morgan fingerprint density at radius 3 is 2.48 bits per heavy atom. The third kappa shape index (κ3) is 4.30. The normalized spacial score (nSPS) is 15.5. The summed E-state index contributed by atoms with van der Waals surface area (Å²) in [6.45, 7) is 6.59. The lowest BCUT2D eigenvalue weighted by molar-refractivity contribution is -0.122. The molecule has 0 atom stereocenters. The van der Waals surface area contributed by atoms with Gasteiger partial charge in [-0.1, -0.05) is 18.2 Å². The highest BCUT2D eigenvalue weighted by molar-refractivity contribution is 7.80. The van der Waals surface area contributed by atoms with Crippen molar-refractivity contribution < 1.29 is 19.1 Å². The van der Waals surface area contributed by atoms with E-state index in [9.17, 15) is 9.59 Å². The molecule has 0 saturated carbocycles. The molecule has 0 unspecified atom stereocenters. The Hall–Kier alpha value is -3.19. The highest BCUT2D eigenvalue weighted by atomic mass is 32.1. The Morgan fingerprint density at radius 1 is 1.07 bits per heavy atom. The van der Waals surface area contributed by atoms with Gasteiger partial charge in [-0.25, -0.2) is 0 Å². The molecule has 2 amide bonds. The molecule has 29 heavy (non-hydrogen) atoms. The number of amides is 2. The number of aryl methyl sites for hydroxylation is 1. The molecule has 1 N–H and O–H groups in total. The number of carbonyl (C=O) groups excluding carboxylic acids is 2. The minimum absolute atomic E-state index is 0.0213. The van der Waals surface area contributed by atoms with E-state index in [1.807, 2.05) is 39.0 Å². The summed E-state index contributed by atoms with van der Waals surface area (Å²) in [5.74, 6) is 0.160. The minimum atomic E-state index is -0.541. The molecule has 1 fully saturated rings. The van der Waals surface area contributed by atoms with Crippen molar-refractivity contribution in [1.29, 1.82) is 0 Å². The quantitative estimate of drug-likeness (QED) is 0.448. The highest BCUT2D eigenvalue weighted by Gasteiger charge is 2.35. The van der Waals surface area contributed by atoms with Crippen LogP contribution >= 0.6 is 12.2 Å². The molecule has 0 bridgehead atoms.